The molecule has 1 aromatic carbocycles. The molecule has 12 heavy (non-hydrogen) atoms. The number of benzene rings is 1. The molecule has 2 heteroatoms. The molecule has 0 spiro atoms. The molecule has 62 valence electrons. The lowest BCUT2D eigenvalue weighted by atomic mass is 10.1. The minimum Gasteiger partial charge on any atom is -0.289 e. The molecule has 0 unspecified atom stereocenters. The van der Waals surface area contributed by atoms with Crippen LogP contribution in [0.2, 0.25) is 0 Å². The van der Waals surface area contributed by atoms with E-state index in [2.05, 4.69) is 6.07 Å². The van der Waals surface area contributed by atoms with Gasteiger partial charge in [0.15, 0.2) is 0 Å². The summed E-state index contributed by atoms with van der Waals surface area (Å²) < 4.78 is 0. The Bertz CT molecular complexity index is 331. The zero-order chi connectivity index (χ0) is 8.55. The lowest BCUT2D eigenvalue weighted by molar-refractivity contribution is 0.912. The van der Waals surface area contributed by atoms with Gasteiger partial charge in [0.1, 0.15) is 5.17 Å². The summed E-state index contributed by atoms with van der Waals surface area (Å²) in [4.78, 5) is 0. The van der Waals surface area contributed by atoms with Crippen LogP contribution >= 0.6 is 11.6 Å². The number of rotatable bonds is 1. The highest BCUT2D eigenvalue weighted by atomic mass is 35.5. The normalized spacial score (nSPS) is 14.4. The molecular weight excluding hydrogens is 170 g/mol. The van der Waals surface area contributed by atoms with Gasteiger partial charge in [-0.25, -0.2) is 0 Å². The van der Waals surface area contributed by atoms with E-state index in [1.54, 1.807) is 0 Å². The maximum atomic E-state index is 7.26. The van der Waals surface area contributed by atoms with Gasteiger partial charge < -0.3 is 0 Å². The summed E-state index contributed by atoms with van der Waals surface area (Å²) in [7, 11) is 0. The average molecular weight is 180 g/mol. The standard InChI is InChI=1S/C10H10ClN/c11-10(12)9-5-4-7-2-1-3-8(7)6-9/h4-6,12H,1-3H2. The predicted octanol–water partition coefficient (Wildman–Crippen LogP) is 2.74. The first-order chi connectivity index (χ1) is 5.77. The van der Waals surface area contributed by atoms with E-state index in [4.69, 9.17) is 17.0 Å². The van der Waals surface area contributed by atoms with E-state index >= 15 is 0 Å². The molecule has 1 N–H and O–H groups in total. The smallest absolute Gasteiger partial charge is 0.128 e. The minimum absolute atomic E-state index is 0.143. The third-order valence-electron chi connectivity index (χ3n) is 2.35. The van der Waals surface area contributed by atoms with Crippen LogP contribution in [0.25, 0.3) is 0 Å². The Hall–Kier alpha value is -0.820. The third-order valence-corrected chi connectivity index (χ3v) is 2.57. The highest BCUT2D eigenvalue weighted by molar-refractivity contribution is 6.68. The lowest BCUT2D eigenvalue weighted by Crippen LogP contribution is -1.91. The Morgan fingerprint density at radius 2 is 2.00 bits per heavy atom. The molecule has 0 amide bonds. The summed E-state index contributed by atoms with van der Waals surface area (Å²) in [5.74, 6) is 0. The maximum Gasteiger partial charge on any atom is 0.128 e. The number of nitrogens with one attached hydrogen (secondary N) is 1. The van der Waals surface area contributed by atoms with Crippen molar-refractivity contribution < 1.29 is 0 Å². The predicted molar refractivity (Wildman–Crippen MR) is 51.1 cm³/mol. The molecule has 0 bridgehead atoms. The molecule has 0 radical (unpaired) electrons. The monoisotopic (exact) mass is 179 g/mol. The van der Waals surface area contributed by atoms with Crippen LogP contribution in [0.4, 0.5) is 0 Å². The Kier molecular flexibility index (Phi) is 1.89. The second-order valence-corrected chi connectivity index (χ2v) is 3.53. The van der Waals surface area contributed by atoms with Gasteiger partial charge in [-0.3, -0.25) is 5.41 Å². The Morgan fingerprint density at radius 3 is 2.75 bits per heavy atom. The summed E-state index contributed by atoms with van der Waals surface area (Å²) in [6.45, 7) is 0. The van der Waals surface area contributed by atoms with Crippen molar-refractivity contribution in [1.82, 2.24) is 0 Å². The van der Waals surface area contributed by atoms with Crippen LogP contribution in [0.5, 0.6) is 0 Å². The van der Waals surface area contributed by atoms with Gasteiger partial charge in [-0.2, -0.15) is 0 Å². The molecule has 0 aromatic heterocycles. The maximum absolute atomic E-state index is 7.26. The summed E-state index contributed by atoms with van der Waals surface area (Å²) in [5, 5.41) is 7.41. The second-order valence-electron chi connectivity index (χ2n) is 3.15. The van der Waals surface area contributed by atoms with Crippen LogP contribution in [0.15, 0.2) is 18.2 Å². The number of aryl methyl sites for hydroxylation is 2. The van der Waals surface area contributed by atoms with E-state index in [1.807, 2.05) is 12.1 Å². The Balaban J connectivity index is 2.45. The van der Waals surface area contributed by atoms with Crippen molar-refractivity contribution in [2.45, 2.75) is 19.3 Å². The summed E-state index contributed by atoms with van der Waals surface area (Å²) >= 11 is 5.59. The van der Waals surface area contributed by atoms with Crippen molar-refractivity contribution in [3.05, 3.63) is 34.9 Å². The third kappa shape index (κ3) is 1.25. The van der Waals surface area contributed by atoms with Crippen molar-refractivity contribution in [3.63, 3.8) is 0 Å². The van der Waals surface area contributed by atoms with Crippen molar-refractivity contribution in [2.75, 3.05) is 0 Å². The zero-order valence-electron chi connectivity index (χ0n) is 6.73. The Morgan fingerprint density at radius 1 is 1.25 bits per heavy atom. The fraction of sp³-hybridized carbons (Fsp3) is 0.300. The van der Waals surface area contributed by atoms with Gasteiger partial charge in [-0.1, -0.05) is 23.7 Å². The van der Waals surface area contributed by atoms with Crippen molar-refractivity contribution >= 4 is 16.8 Å². The molecule has 1 aliphatic rings. The molecule has 1 aromatic rings. The second kappa shape index (κ2) is 2.91. The van der Waals surface area contributed by atoms with Gasteiger partial charge in [0, 0.05) is 5.56 Å². The average Bonchev–Trinajstić information content (AvgIpc) is 2.49. The van der Waals surface area contributed by atoms with E-state index in [9.17, 15) is 0 Å². The van der Waals surface area contributed by atoms with Gasteiger partial charge in [0.05, 0.1) is 0 Å². The van der Waals surface area contributed by atoms with Gasteiger partial charge in [-0.05, 0) is 36.5 Å². The lowest BCUT2D eigenvalue weighted by Gasteiger charge is -2.00. The van der Waals surface area contributed by atoms with E-state index in [0.717, 1.165) is 12.0 Å². The fourth-order valence-electron chi connectivity index (χ4n) is 1.71. The molecule has 0 heterocycles. The van der Waals surface area contributed by atoms with Gasteiger partial charge in [0.2, 0.25) is 0 Å². The number of halogens is 1. The van der Waals surface area contributed by atoms with Crippen LogP contribution in [0.3, 0.4) is 0 Å². The molecule has 0 aliphatic heterocycles. The fourth-order valence-corrected chi connectivity index (χ4v) is 1.83. The SMILES string of the molecule is N=C(Cl)c1ccc2c(c1)CCC2. The van der Waals surface area contributed by atoms with Gasteiger partial charge in [-0.15, -0.1) is 0 Å². The summed E-state index contributed by atoms with van der Waals surface area (Å²) in [5.41, 5.74) is 3.65. The molecule has 2 rings (SSSR count). The summed E-state index contributed by atoms with van der Waals surface area (Å²) in [6, 6.07) is 6.06. The van der Waals surface area contributed by atoms with E-state index < -0.39 is 0 Å². The first-order valence-electron chi connectivity index (χ1n) is 4.13. The topological polar surface area (TPSA) is 23.9 Å². The molecule has 0 saturated heterocycles. The zero-order valence-corrected chi connectivity index (χ0v) is 7.49. The largest absolute Gasteiger partial charge is 0.289 e. The van der Waals surface area contributed by atoms with Crippen molar-refractivity contribution in [1.29, 1.82) is 5.41 Å². The van der Waals surface area contributed by atoms with E-state index in [-0.39, 0.29) is 5.17 Å². The molecular formula is C10H10ClN. The molecule has 0 fully saturated rings. The quantitative estimate of drug-likeness (QED) is 0.642. The number of hydrogen-bond donors (Lipinski definition) is 1. The number of fused-ring (bicyclic) bond motifs is 1. The van der Waals surface area contributed by atoms with Crippen LogP contribution in [0.1, 0.15) is 23.1 Å². The van der Waals surface area contributed by atoms with Crippen molar-refractivity contribution in [2.24, 2.45) is 0 Å². The molecule has 0 saturated carbocycles. The first kappa shape index (κ1) is 7.81. The highest BCUT2D eigenvalue weighted by Crippen LogP contribution is 2.23. The van der Waals surface area contributed by atoms with Gasteiger partial charge >= 0.3 is 0 Å². The van der Waals surface area contributed by atoms with E-state index in [0.29, 0.717) is 0 Å². The van der Waals surface area contributed by atoms with Crippen molar-refractivity contribution in [3.8, 4) is 0 Å². The summed E-state index contributed by atoms with van der Waals surface area (Å²) in [6.07, 6.45) is 3.58. The van der Waals surface area contributed by atoms with Gasteiger partial charge in [0.25, 0.3) is 0 Å². The Labute approximate surface area is 76.9 Å². The van der Waals surface area contributed by atoms with Crippen LogP contribution in [-0.2, 0) is 12.8 Å². The van der Waals surface area contributed by atoms with Crippen LogP contribution in [0, 0.1) is 5.41 Å². The van der Waals surface area contributed by atoms with E-state index in [1.165, 1.54) is 24.0 Å². The number of hydrogen-bond acceptors (Lipinski definition) is 1. The molecule has 0 atom stereocenters. The van der Waals surface area contributed by atoms with Crippen LogP contribution < -0.4 is 0 Å². The first-order valence-corrected chi connectivity index (χ1v) is 4.51. The minimum atomic E-state index is 0.143. The van der Waals surface area contributed by atoms with Crippen LogP contribution in [-0.4, -0.2) is 5.17 Å². The highest BCUT2D eigenvalue weighted by Gasteiger charge is 2.11. The molecule has 1 nitrogen and oxygen atoms in total. The molecule has 1 aliphatic carbocycles.